The third kappa shape index (κ3) is 4.89. The molecular formula is C15H20ClFN2O4S. The summed E-state index contributed by atoms with van der Waals surface area (Å²) in [6, 6.07) is 3.46. The minimum absolute atomic E-state index is 0.0111. The molecule has 0 unspecified atom stereocenters. The molecule has 0 aliphatic carbocycles. The van der Waals surface area contributed by atoms with E-state index < -0.39 is 15.8 Å². The van der Waals surface area contributed by atoms with Crippen molar-refractivity contribution in [3.63, 3.8) is 0 Å². The molecule has 1 aromatic rings. The predicted octanol–water partition coefficient (Wildman–Crippen LogP) is 1.04. The summed E-state index contributed by atoms with van der Waals surface area (Å²) in [6.07, 6.45) is -0.0111. The number of carbonyl (C=O) groups excluding carboxylic acids is 1. The van der Waals surface area contributed by atoms with Gasteiger partial charge >= 0.3 is 0 Å². The molecule has 0 bridgehead atoms. The minimum atomic E-state index is -3.38. The van der Waals surface area contributed by atoms with Crippen molar-refractivity contribution >= 4 is 27.5 Å². The number of rotatable bonds is 6. The van der Waals surface area contributed by atoms with Crippen molar-refractivity contribution < 1.29 is 22.3 Å². The lowest BCUT2D eigenvalue weighted by Crippen LogP contribution is -2.44. The molecule has 9 heteroatoms. The first-order valence-electron chi connectivity index (χ1n) is 7.40. The Morgan fingerprint density at radius 2 is 2.12 bits per heavy atom. The van der Waals surface area contributed by atoms with Gasteiger partial charge in [-0.2, -0.15) is 0 Å². The summed E-state index contributed by atoms with van der Waals surface area (Å²) in [4.78, 5) is 12.2. The largest absolute Gasteiger partial charge is 0.379 e. The van der Waals surface area contributed by atoms with Gasteiger partial charge in [0, 0.05) is 25.0 Å². The molecule has 2 atom stereocenters. The lowest BCUT2D eigenvalue weighted by molar-refractivity contribution is -0.121. The molecule has 1 heterocycles. The topological polar surface area (TPSA) is 75.7 Å². The number of nitrogens with one attached hydrogen (secondary N) is 1. The van der Waals surface area contributed by atoms with Crippen LogP contribution in [0.3, 0.4) is 0 Å². The highest BCUT2D eigenvalue weighted by molar-refractivity contribution is 7.89. The van der Waals surface area contributed by atoms with Gasteiger partial charge in [-0.15, -0.1) is 0 Å². The SMILES string of the molecule is CN(C)S(=O)(=O)C[C@@H]1COC[C@H]1NC(=O)Cc1ccc(F)cc1Cl. The first-order valence-corrected chi connectivity index (χ1v) is 9.39. The van der Waals surface area contributed by atoms with Gasteiger partial charge in [-0.05, 0) is 17.7 Å². The lowest BCUT2D eigenvalue weighted by Gasteiger charge is -2.21. The number of amides is 1. The first kappa shape index (κ1) is 19.1. The van der Waals surface area contributed by atoms with Crippen LogP contribution in [0.15, 0.2) is 18.2 Å². The summed E-state index contributed by atoms with van der Waals surface area (Å²) in [5.41, 5.74) is 0.506. The molecule has 2 rings (SSSR count). The maximum absolute atomic E-state index is 13.0. The number of ether oxygens (including phenoxy) is 1. The molecule has 1 amide bonds. The zero-order chi connectivity index (χ0) is 17.9. The third-order valence-corrected chi connectivity index (χ3v) is 6.21. The quantitative estimate of drug-likeness (QED) is 0.802. The summed E-state index contributed by atoms with van der Waals surface area (Å²) in [5.74, 6) is -1.19. The smallest absolute Gasteiger partial charge is 0.224 e. The van der Waals surface area contributed by atoms with Gasteiger partial charge < -0.3 is 10.1 Å². The van der Waals surface area contributed by atoms with Crippen LogP contribution in [0, 0.1) is 11.7 Å². The van der Waals surface area contributed by atoms with Crippen molar-refractivity contribution in [1.29, 1.82) is 0 Å². The zero-order valence-electron chi connectivity index (χ0n) is 13.5. The van der Waals surface area contributed by atoms with E-state index in [1.807, 2.05) is 0 Å². The van der Waals surface area contributed by atoms with Gasteiger partial charge in [-0.3, -0.25) is 4.79 Å². The van der Waals surface area contributed by atoms with Crippen LogP contribution < -0.4 is 5.32 Å². The summed E-state index contributed by atoms with van der Waals surface area (Å²) >= 11 is 5.91. The molecular weight excluding hydrogens is 359 g/mol. The van der Waals surface area contributed by atoms with Gasteiger partial charge in [0.05, 0.1) is 31.4 Å². The molecule has 0 radical (unpaired) electrons. The third-order valence-electron chi connectivity index (χ3n) is 3.89. The van der Waals surface area contributed by atoms with Crippen LogP contribution in [0.1, 0.15) is 5.56 Å². The number of carbonyl (C=O) groups is 1. The number of sulfonamides is 1. The Morgan fingerprint density at radius 3 is 2.75 bits per heavy atom. The van der Waals surface area contributed by atoms with E-state index in [4.69, 9.17) is 16.3 Å². The molecule has 6 nitrogen and oxygen atoms in total. The van der Waals surface area contributed by atoms with Crippen LogP contribution in [0.4, 0.5) is 4.39 Å². The molecule has 0 aromatic heterocycles. The molecule has 0 saturated carbocycles. The Bertz CT molecular complexity index is 711. The van der Waals surface area contributed by atoms with Gasteiger partial charge in [0.1, 0.15) is 5.82 Å². The van der Waals surface area contributed by atoms with Crippen molar-refractivity contribution in [2.75, 3.05) is 33.1 Å². The number of hydrogen-bond donors (Lipinski definition) is 1. The summed E-state index contributed by atoms with van der Waals surface area (Å²) < 4.78 is 43.5. The van der Waals surface area contributed by atoms with E-state index in [0.29, 0.717) is 5.56 Å². The second-order valence-corrected chi connectivity index (χ2v) is 8.58. The van der Waals surface area contributed by atoms with E-state index in [2.05, 4.69) is 5.32 Å². The summed E-state index contributed by atoms with van der Waals surface area (Å²) in [6.45, 7) is 0.534. The summed E-state index contributed by atoms with van der Waals surface area (Å²) in [7, 11) is -0.446. The van der Waals surface area contributed by atoms with Gasteiger partial charge in [0.2, 0.25) is 15.9 Å². The van der Waals surface area contributed by atoms with Crippen LogP contribution in [0.5, 0.6) is 0 Å². The molecule has 1 aliphatic heterocycles. The molecule has 134 valence electrons. The van der Waals surface area contributed by atoms with Crippen molar-refractivity contribution in [3.05, 3.63) is 34.6 Å². The molecule has 1 aliphatic rings. The van der Waals surface area contributed by atoms with E-state index in [1.165, 1.54) is 26.2 Å². The summed E-state index contributed by atoms with van der Waals surface area (Å²) in [5, 5.41) is 2.96. The Labute approximate surface area is 146 Å². The highest BCUT2D eigenvalue weighted by Gasteiger charge is 2.34. The number of halogens is 2. The van der Waals surface area contributed by atoms with Gasteiger partial charge in [-0.1, -0.05) is 17.7 Å². The second kappa shape index (κ2) is 7.77. The maximum Gasteiger partial charge on any atom is 0.224 e. The molecule has 1 N–H and O–H groups in total. The first-order chi connectivity index (χ1) is 11.2. The normalized spacial score (nSPS) is 21.2. The van der Waals surface area contributed by atoms with E-state index in [1.54, 1.807) is 0 Å². The fourth-order valence-corrected chi connectivity index (χ4v) is 3.84. The van der Waals surface area contributed by atoms with E-state index in [9.17, 15) is 17.6 Å². The van der Waals surface area contributed by atoms with Crippen LogP contribution in [-0.2, 0) is 26.0 Å². The average Bonchev–Trinajstić information content (AvgIpc) is 2.88. The average molecular weight is 379 g/mol. The van der Waals surface area contributed by atoms with Crippen molar-refractivity contribution in [3.8, 4) is 0 Å². The van der Waals surface area contributed by atoms with Crippen molar-refractivity contribution in [2.45, 2.75) is 12.5 Å². The fourth-order valence-electron chi connectivity index (χ4n) is 2.44. The number of nitrogens with zero attached hydrogens (tertiary/aromatic N) is 1. The van der Waals surface area contributed by atoms with Crippen LogP contribution in [-0.4, -0.2) is 57.7 Å². The highest BCUT2D eigenvalue weighted by Crippen LogP contribution is 2.20. The fraction of sp³-hybridized carbons (Fsp3) is 0.533. The number of benzene rings is 1. The highest BCUT2D eigenvalue weighted by atomic mass is 35.5. The molecule has 24 heavy (non-hydrogen) atoms. The Hall–Kier alpha value is -1.22. The van der Waals surface area contributed by atoms with E-state index >= 15 is 0 Å². The maximum atomic E-state index is 13.0. The molecule has 1 aromatic carbocycles. The van der Waals surface area contributed by atoms with Gasteiger partial charge in [0.25, 0.3) is 0 Å². The van der Waals surface area contributed by atoms with Gasteiger partial charge in [0.15, 0.2) is 0 Å². The monoisotopic (exact) mass is 378 g/mol. The van der Waals surface area contributed by atoms with E-state index in [0.717, 1.165) is 10.4 Å². The molecule has 1 saturated heterocycles. The Balaban J connectivity index is 1.97. The van der Waals surface area contributed by atoms with Crippen molar-refractivity contribution in [2.24, 2.45) is 5.92 Å². The molecule has 1 fully saturated rings. The van der Waals surface area contributed by atoms with Crippen LogP contribution in [0.2, 0.25) is 5.02 Å². The second-order valence-electron chi connectivity index (χ2n) is 5.94. The van der Waals surface area contributed by atoms with Crippen LogP contribution >= 0.6 is 11.6 Å². The predicted molar refractivity (Wildman–Crippen MR) is 88.8 cm³/mol. The lowest BCUT2D eigenvalue weighted by atomic mass is 10.1. The number of hydrogen-bond acceptors (Lipinski definition) is 4. The van der Waals surface area contributed by atoms with E-state index in [-0.39, 0.29) is 48.3 Å². The van der Waals surface area contributed by atoms with Crippen molar-refractivity contribution in [1.82, 2.24) is 9.62 Å². The Kier molecular flexibility index (Phi) is 6.19. The minimum Gasteiger partial charge on any atom is -0.379 e. The van der Waals surface area contributed by atoms with Gasteiger partial charge in [-0.25, -0.2) is 17.1 Å². The standard InChI is InChI=1S/C15H20ClFN2O4S/c1-19(2)24(21,22)9-11-7-23-8-14(11)18-15(20)5-10-3-4-12(17)6-13(10)16/h3-4,6,11,14H,5,7-9H2,1-2H3,(H,18,20)/t11-,14+/m0/s1. The molecule has 0 spiro atoms. The Morgan fingerprint density at radius 1 is 1.42 bits per heavy atom. The zero-order valence-corrected chi connectivity index (χ0v) is 15.0. The van der Waals surface area contributed by atoms with Crippen LogP contribution in [0.25, 0.3) is 0 Å².